The van der Waals surface area contributed by atoms with Gasteiger partial charge in [-0.05, 0) is 47.5 Å². The van der Waals surface area contributed by atoms with E-state index < -0.39 is 6.10 Å². The van der Waals surface area contributed by atoms with Gasteiger partial charge in [0.15, 0.2) is 0 Å². The number of amides is 1. The van der Waals surface area contributed by atoms with Gasteiger partial charge in [-0.3, -0.25) is 4.79 Å². The van der Waals surface area contributed by atoms with Gasteiger partial charge in [0.1, 0.15) is 6.10 Å². The highest BCUT2D eigenvalue weighted by Gasteiger charge is 2.14. The highest BCUT2D eigenvalue weighted by Crippen LogP contribution is 2.32. The number of aliphatic hydroxyl groups excluding tert-OH is 1. The van der Waals surface area contributed by atoms with E-state index >= 15 is 0 Å². The number of carbonyl (C=O) groups is 1. The zero-order chi connectivity index (χ0) is 16.2. The van der Waals surface area contributed by atoms with Crippen LogP contribution in [0.5, 0.6) is 0 Å². The standard InChI is InChI=1S/C18H17NO2S2/c1-12-4-2-3-5-14(12)18(21)19-10-15(20)17-7-6-16(23-17)13-8-9-22-11-13/h2-9,11,15,20H,10H2,1H3,(H,19,21)/t15-/m0/s1. The molecule has 0 fully saturated rings. The van der Waals surface area contributed by atoms with E-state index in [0.29, 0.717) is 5.56 Å². The van der Waals surface area contributed by atoms with Crippen LogP contribution in [0.15, 0.2) is 53.2 Å². The van der Waals surface area contributed by atoms with E-state index in [0.717, 1.165) is 15.3 Å². The molecule has 1 amide bonds. The summed E-state index contributed by atoms with van der Waals surface area (Å²) >= 11 is 3.21. The van der Waals surface area contributed by atoms with E-state index in [9.17, 15) is 9.90 Å². The van der Waals surface area contributed by atoms with E-state index in [4.69, 9.17) is 0 Å². The Bertz CT molecular complexity index is 793. The van der Waals surface area contributed by atoms with Gasteiger partial charge in [-0.25, -0.2) is 0 Å². The molecule has 1 atom stereocenters. The van der Waals surface area contributed by atoms with Crippen LogP contribution in [0, 0.1) is 6.92 Å². The highest BCUT2D eigenvalue weighted by atomic mass is 32.1. The molecule has 0 aliphatic rings. The lowest BCUT2D eigenvalue weighted by Crippen LogP contribution is -2.28. The first-order chi connectivity index (χ1) is 11.1. The Hall–Kier alpha value is -1.95. The lowest BCUT2D eigenvalue weighted by molar-refractivity contribution is 0.0917. The molecule has 5 heteroatoms. The Labute approximate surface area is 143 Å². The number of benzene rings is 1. The number of rotatable bonds is 5. The second-order valence-corrected chi connectivity index (χ2v) is 7.15. The smallest absolute Gasteiger partial charge is 0.251 e. The molecule has 1 aromatic carbocycles. The molecule has 3 rings (SSSR count). The van der Waals surface area contributed by atoms with Gasteiger partial charge in [-0.2, -0.15) is 11.3 Å². The molecule has 2 N–H and O–H groups in total. The molecule has 0 spiro atoms. The lowest BCUT2D eigenvalue weighted by Gasteiger charge is -2.11. The average Bonchev–Trinajstić information content (AvgIpc) is 3.23. The fourth-order valence-corrected chi connectivity index (χ4v) is 4.03. The molecule has 2 aromatic heterocycles. The zero-order valence-electron chi connectivity index (χ0n) is 12.7. The Balaban J connectivity index is 1.62. The molecule has 2 heterocycles. The van der Waals surface area contributed by atoms with Crippen LogP contribution in [0.25, 0.3) is 10.4 Å². The number of hydrogen-bond donors (Lipinski definition) is 2. The van der Waals surface area contributed by atoms with Crippen LogP contribution in [0.4, 0.5) is 0 Å². The molecule has 0 saturated carbocycles. The van der Waals surface area contributed by atoms with Gasteiger partial charge in [0.05, 0.1) is 0 Å². The van der Waals surface area contributed by atoms with Crippen LogP contribution >= 0.6 is 22.7 Å². The summed E-state index contributed by atoms with van der Waals surface area (Å²) < 4.78 is 0. The lowest BCUT2D eigenvalue weighted by atomic mass is 10.1. The zero-order valence-corrected chi connectivity index (χ0v) is 14.3. The van der Waals surface area contributed by atoms with Crippen LogP contribution in [0.1, 0.15) is 26.9 Å². The fourth-order valence-electron chi connectivity index (χ4n) is 2.30. The van der Waals surface area contributed by atoms with Gasteiger partial charge in [0, 0.05) is 27.4 Å². The predicted octanol–water partition coefficient (Wildman–Crippen LogP) is 4.25. The van der Waals surface area contributed by atoms with Gasteiger partial charge in [0.25, 0.3) is 5.91 Å². The van der Waals surface area contributed by atoms with E-state index in [1.807, 2.05) is 42.6 Å². The number of hydrogen-bond acceptors (Lipinski definition) is 4. The van der Waals surface area contributed by atoms with Crippen LogP contribution in [0.2, 0.25) is 0 Å². The average molecular weight is 343 g/mol. The first-order valence-electron chi connectivity index (χ1n) is 7.29. The maximum absolute atomic E-state index is 12.2. The first-order valence-corrected chi connectivity index (χ1v) is 9.05. The number of carbonyl (C=O) groups excluding carboxylic acids is 1. The number of aryl methyl sites for hydroxylation is 1. The van der Waals surface area contributed by atoms with Gasteiger partial charge >= 0.3 is 0 Å². The minimum absolute atomic E-state index is 0.156. The minimum atomic E-state index is -0.694. The monoisotopic (exact) mass is 343 g/mol. The Morgan fingerprint density at radius 2 is 2.04 bits per heavy atom. The van der Waals surface area contributed by atoms with Crippen LogP contribution in [-0.2, 0) is 0 Å². The predicted molar refractivity (Wildman–Crippen MR) is 96.1 cm³/mol. The van der Waals surface area contributed by atoms with Crippen molar-refractivity contribution in [2.24, 2.45) is 0 Å². The summed E-state index contributed by atoms with van der Waals surface area (Å²) in [6, 6.07) is 13.4. The van der Waals surface area contributed by atoms with Gasteiger partial charge in [-0.15, -0.1) is 11.3 Å². The van der Waals surface area contributed by atoms with Crippen molar-refractivity contribution in [1.29, 1.82) is 0 Å². The van der Waals surface area contributed by atoms with Crippen LogP contribution in [0.3, 0.4) is 0 Å². The summed E-state index contributed by atoms with van der Waals surface area (Å²) in [5.74, 6) is -0.156. The first kappa shape index (κ1) is 15.9. The molecular formula is C18H17NO2S2. The van der Waals surface area contributed by atoms with Crippen molar-refractivity contribution < 1.29 is 9.90 Å². The van der Waals surface area contributed by atoms with E-state index in [-0.39, 0.29) is 12.5 Å². The van der Waals surface area contributed by atoms with Crippen molar-refractivity contribution in [3.63, 3.8) is 0 Å². The Morgan fingerprint density at radius 1 is 1.22 bits per heavy atom. The van der Waals surface area contributed by atoms with E-state index in [1.54, 1.807) is 28.7 Å². The molecule has 0 unspecified atom stereocenters. The number of aliphatic hydroxyl groups is 1. The fraction of sp³-hybridized carbons (Fsp3) is 0.167. The molecule has 0 aliphatic carbocycles. The van der Waals surface area contributed by atoms with E-state index in [2.05, 4.69) is 16.8 Å². The Kier molecular flexibility index (Phi) is 4.91. The minimum Gasteiger partial charge on any atom is -0.386 e. The molecular weight excluding hydrogens is 326 g/mol. The van der Waals surface area contributed by atoms with Crippen molar-refractivity contribution >= 4 is 28.6 Å². The van der Waals surface area contributed by atoms with Crippen molar-refractivity contribution in [3.05, 3.63) is 69.2 Å². The summed E-state index contributed by atoms with van der Waals surface area (Å²) in [5, 5.41) is 17.2. The maximum Gasteiger partial charge on any atom is 0.251 e. The molecule has 118 valence electrons. The van der Waals surface area contributed by atoms with Crippen LogP contribution in [-0.4, -0.2) is 17.6 Å². The normalized spacial score (nSPS) is 12.1. The van der Waals surface area contributed by atoms with Crippen LogP contribution < -0.4 is 5.32 Å². The summed E-state index contributed by atoms with van der Waals surface area (Å²) in [7, 11) is 0. The highest BCUT2D eigenvalue weighted by molar-refractivity contribution is 7.16. The molecule has 0 saturated heterocycles. The molecule has 0 bridgehead atoms. The quantitative estimate of drug-likeness (QED) is 0.728. The summed E-state index contributed by atoms with van der Waals surface area (Å²) in [4.78, 5) is 14.2. The Morgan fingerprint density at radius 3 is 2.78 bits per heavy atom. The maximum atomic E-state index is 12.2. The summed E-state index contributed by atoms with van der Waals surface area (Å²) in [6.45, 7) is 2.11. The largest absolute Gasteiger partial charge is 0.386 e. The van der Waals surface area contributed by atoms with Crippen molar-refractivity contribution in [1.82, 2.24) is 5.32 Å². The number of nitrogens with one attached hydrogen (secondary N) is 1. The number of thiophene rings is 2. The summed E-state index contributed by atoms with van der Waals surface area (Å²) in [5.41, 5.74) is 2.74. The van der Waals surface area contributed by atoms with E-state index in [1.165, 1.54) is 5.56 Å². The molecule has 23 heavy (non-hydrogen) atoms. The summed E-state index contributed by atoms with van der Waals surface area (Å²) in [6.07, 6.45) is -0.694. The molecule has 0 aliphatic heterocycles. The van der Waals surface area contributed by atoms with Gasteiger partial charge < -0.3 is 10.4 Å². The van der Waals surface area contributed by atoms with Crippen molar-refractivity contribution in [2.75, 3.05) is 6.54 Å². The third-order valence-electron chi connectivity index (χ3n) is 3.61. The third kappa shape index (κ3) is 3.69. The van der Waals surface area contributed by atoms with Crippen molar-refractivity contribution in [2.45, 2.75) is 13.0 Å². The van der Waals surface area contributed by atoms with Crippen molar-refractivity contribution in [3.8, 4) is 10.4 Å². The van der Waals surface area contributed by atoms with Gasteiger partial charge in [0.2, 0.25) is 0 Å². The SMILES string of the molecule is Cc1ccccc1C(=O)NC[C@H](O)c1ccc(-c2ccsc2)s1. The second kappa shape index (κ2) is 7.08. The topological polar surface area (TPSA) is 49.3 Å². The molecule has 0 radical (unpaired) electrons. The third-order valence-corrected chi connectivity index (χ3v) is 5.53. The molecule has 3 aromatic rings. The second-order valence-electron chi connectivity index (χ2n) is 5.25. The molecule has 3 nitrogen and oxygen atoms in total. The van der Waals surface area contributed by atoms with Gasteiger partial charge in [-0.1, -0.05) is 18.2 Å².